The van der Waals surface area contributed by atoms with Gasteiger partial charge < -0.3 is 9.84 Å². The molecule has 0 fully saturated rings. The van der Waals surface area contributed by atoms with Crippen molar-refractivity contribution < 1.29 is 4.52 Å². The molecule has 2 aromatic heterocycles. The highest BCUT2D eigenvalue weighted by molar-refractivity contribution is 9.10. The molecule has 2 aromatic rings. The number of aromatic nitrogens is 3. The van der Waals surface area contributed by atoms with Gasteiger partial charge >= 0.3 is 0 Å². The Bertz CT molecular complexity index is 457. The molecule has 1 N–H and O–H groups in total. The molecule has 0 aromatic carbocycles. The number of pyridine rings is 1. The van der Waals surface area contributed by atoms with Crippen molar-refractivity contribution in [3.05, 3.63) is 28.8 Å². The lowest BCUT2D eigenvalue weighted by Crippen LogP contribution is -2.04. The van der Waals surface area contributed by atoms with Gasteiger partial charge in [0.1, 0.15) is 0 Å². The van der Waals surface area contributed by atoms with Gasteiger partial charge in [0.25, 0.3) is 0 Å². The molecule has 0 saturated carbocycles. The average molecular weight is 269 g/mol. The standard InChI is InChI=1S/C9H9BrN4O/c1-11-5-8-13-9(14-15-8)6-2-7(10)4-12-3-6/h2-4,11H,5H2,1H3. The molecule has 6 heteroatoms. The molecule has 5 nitrogen and oxygen atoms in total. The van der Waals surface area contributed by atoms with Crippen molar-refractivity contribution in [1.29, 1.82) is 0 Å². The third kappa shape index (κ3) is 2.40. The third-order valence-electron chi connectivity index (χ3n) is 1.76. The number of nitrogens with one attached hydrogen (secondary N) is 1. The molecule has 0 aliphatic heterocycles. The SMILES string of the molecule is CNCc1nc(-c2cncc(Br)c2)no1. The lowest BCUT2D eigenvalue weighted by Gasteiger charge is -1.93. The summed E-state index contributed by atoms with van der Waals surface area (Å²) in [6.07, 6.45) is 3.40. The fraction of sp³-hybridized carbons (Fsp3) is 0.222. The summed E-state index contributed by atoms with van der Waals surface area (Å²) in [4.78, 5) is 8.24. The lowest BCUT2D eigenvalue weighted by atomic mass is 10.3. The Morgan fingerprint density at radius 1 is 1.47 bits per heavy atom. The van der Waals surface area contributed by atoms with Crippen molar-refractivity contribution in [2.75, 3.05) is 7.05 Å². The minimum atomic E-state index is 0.550. The Morgan fingerprint density at radius 2 is 2.33 bits per heavy atom. The second-order valence-electron chi connectivity index (χ2n) is 2.93. The molecule has 0 radical (unpaired) electrons. The number of hydrogen-bond acceptors (Lipinski definition) is 5. The molecule has 78 valence electrons. The lowest BCUT2D eigenvalue weighted by molar-refractivity contribution is 0.372. The number of halogens is 1. The number of hydrogen-bond donors (Lipinski definition) is 1. The van der Waals surface area contributed by atoms with E-state index in [0.717, 1.165) is 10.0 Å². The molecule has 0 amide bonds. The summed E-state index contributed by atoms with van der Waals surface area (Å²) < 4.78 is 5.92. The average Bonchev–Trinajstić information content (AvgIpc) is 2.67. The maximum Gasteiger partial charge on any atom is 0.240 e. The van der Waals surface area contributed by atoms with E-state index in [4.69, 9.17) is 4.52 Å². The predicted octanol–water partition coefficient (Wildman–Crippen LogP) is 1.61. The van der Waals surface area contributed by atoms with Crippen molar-refractivity contribution in [3.8, 4) is 11.4 Å². The highest BCUT2D eigenvalue weighted by atomic mass is 79.9. The molecule has 0 saturated heterocycles. The minimum absolute atomic E-state index is 0.550. The first kappa shape index (κ1) is 10.3. The molecule has 0 spiro atoms. The van der Waals surface area contributed by atoms with E-state index in [2.05, 4.69) is 36.4 Å². The summed E-state index contributed by atoms with van der Waals surface area (Å²) in [5.74, 6) is 1.11. The van der Waals surface area contributed by atoms with E-state index in [1.807, 2.05) is 13.1 Å². The Morgan fingerprint density at radius 3 is 3.07 bits per heavy atom. The van der Waals surface area contributed by atoms with Crippen LogP contribution >= 0.6 is 15.9 Å². The fourth-order valence-corrected chi connectivity index (χ4v) is 1.49. The van der Waals surface area contributed by atoms with E-state index in [9.17, 15) is 0 Å². The first-order valence-corrected chi connectivity index (χ1v) is 5.17. The quantitative estimate of drug-likeness (QED) is 0.917. The van der Waals surface area contributed by atoms with Gasteiger partial charge in [0.2, 0.25) is 11.7 Å². The normalized spacial score (nSPS) is 10.5. The van der Waals surface area contributed by atoms with E-state index >= 15 is 0 Å². The van der Waals surface area contributed by atoms with Gasteiger partial charge in [0, 0.05) is 22.4 Å². The Labute approximate surface area is 95.0 Å². The molecule has 2 rings (SSSR count). The van der Waals surface area contributed by atoms with Crippen molar-refractivity contribution in [2.45, 2.75) is 6.54 Å². The molecule has 0 aliphatic rings. The van der Waals surface area contributed by atoms with Gasteiger partial charge in [-0.15, -0.1) is 0 Å². The van der Waals surface area contributed by atoms with Crippen LogP contribution in [0.1, 0.15) is 5.89 Å². The summed E-state index contributed by atoms with van der Waals surface area (Å²) in [6.45, 7) is 0.564. The third-order valence-corrected chi connectivity index (χ3v) is 2.19. The van der Waals surface area contributed by atoms with Crippen LogP contribution in [0.5, 0.6) is 0 Å². The second kappa shape index (κ2) is 4.50. The topological polar surface area (TPSA) is 63.8 Å². The van der Waals surface area contributed by atoms with Gasteiger partial charge in [-0.05, 0) is 29.0 Å². The highest BCUT2D eigenvalue weighted by Crippen LogP contribution is 2.18. The minimum Gasteiger partial charge on any atom is -0.338 e. The van der Waals surface area contributed by atoms with Crippen molar-refractivity contribution in [2.24, 2.45) is 0 Å². The van der Waals surface area contributed by atoms with Crippen molar-refractivity contribution in [3.63, 3.8) is 0 Å². The van der Waals surface area contributed by atoms with Crippen LogP contribution in [0, 0.1) is 0 Å². The van der Waals surface area contributed by atoms with Crippen LogP contribution in [-0.2, 0) is 6.54 Å². The monoisotopic (exact) mass is 268 g/mol. The molecule has 0 unspecified atom stereocenters. The van der Waals surface area contributed by atoms with Crippen molar-refractivity contribution in [1.82, 2.24) is 20.4 Å². The van der Waals surface area contributed by atoms with Gasteiger partial charge in [-0.25, -0.2) is 0 Å². The van der Waals surface area contributed by atoms with Gasteiger partial charge in [-0.2, -0.15) is 4.98 Å². The molecule has 0 aliphatic carbocycles. The Hall–Kier alpha value is -1.27. The fourth-order valence-electron chi connectivity index (χ4n) is 1.13. The van der Waals surface area contributed by atoms with Gasteiger partial charge in [0.15, 0.2) is 0 Å². The zero-order valence-electron chi connectivity index (χ0n) is 8.07. The second-order valence-corrected chi connectivity index (χ2v) is 3.85. The summed E-state index contributed by atoms with van der Waals surface area (Å²) >= 11 is 3.34. The zero-order chi connectivity index (χ0) is 10.7. The van der Waals surface area contributed by atoms with Crippen LogP contribution in [0.25, 0.3) is 11.4 Å². The first-order valence-electron chi connectivity index (χ1n) is 4.37. The van der Waals surface area contributed by atoms with Crippen LogP contribution in [0.2, 0.25) is 0 Å². The Kier molecular flexibility index (Phi) is 3.08. The maximum absolute atomic E-state index is 5.03. The van der Waals surface area contributed by atoms with E-state index in [-0.39, 0.29) is 0 Å². The van der Waals surface area contributed by atoms with Crippen LogP contribution in [-0.4, -0.2) is 22.2 Å². The largest absolute Gasteiger partial charge is 0.338 e. The first-order chi connectivity index (χ1) is 7.29. The van der Waals surface area contributed by atoms with Crippen LogP contribution in [0.15, 0.2) is 27.5 Å². The molecule has 15 heavy (non-hydrogen) atoms. The highest BCUT2D eigenvalue weighted by Gasteiger charge is 2.08. The van der Waals surface area contributed by atoms with Crippen LogP contribution in [0.4, 0.5) is 0 Å². The van der Waals surface area contributed by atoms with Gasteiger partial charge in [-0.1, -0.05) is 5.16 Å². The van der Waals surface area contributed by atoms with E-state index in [1.165, 1.54) is 0 Å². The molecule has 0 bridgehead atoms. The summed E-state index contributed by atoms with van der Waals surface area (Å²) in [5, 5.41) is 6.80. The summed E-state index contributed by atoms with van der Waals surface area (Å²) in [5.41, 5.74) is 0.829. The smallest absolute Gasteiger partial charge is 0.240 e. The van der Waals surface area contributed by atoms with E-state index in [0.29, 0.717) is 18.3 Å². The maximum atomic E-state index is 5.03. The van der Waals surface area contributed by atoms with Crippen LogP contribution < -0.4 is 5.32 Å². The molecular formula is C9H9BrN4O. The molecular weight excluding hydrogens is 260 g/mol. The van der Waals surface area contributed by atoms with Crippen molar-refractivity contribution >= 4 is 15.9 Å². The van der Waals surface area contributed by atoms with Gasteiger partial charge in [-0.3, -0.25) is 4.98 Å². The Balaban J connectivity index is 2.29. The molecule has 0 atom stereocenters. The number of rotatable bonds is 3. The van der Waals surface area contributed by atoms with Crippen LogP contribution in [0.3, 0.4) is 0 Å². The molecule has 2 heterocycles. The predicted molar refractivity (Wildman–Crippen MR) is 58.0 cm³/mol. The summed E-state index contributed by atoms with van der Waals surface area (Å²) in [6, 6.07) is 1.89. The number of nitrogens with zero attached hydrogens (tertiary/aromatic N) is 3. The summed E-state index contributed by atoms with van der Waals surface area (Å²) in [7, 11) is 1.82. The van der Waals surface area contributed by atoms with Gasteiger partial charge in [0.05, 0.1) is 6.54 Å². The zero-order valence-corrected chi connectivity index (χ0v) is 9.65. The van der Waals surface area contributed by atoms with E-state index < -0.39 is 0 Å². The van der Waals surface area contributed by atoms with E-state index in [1.54, 1.807) is 12.4 Å².